The van der Waals surface area contributed by atoms with Crippen molar-refractivity contribution in [3.8, 4) is 22.3 Å². The number of furan rings is 2. The first-order valence-corrected chi connectivity index (χ1v) is 18.5. The average Bonchev–Trinajstić information content (AvgIpc) is 3.81. The van der Waals surface area contributed by atoms with Crippen molar-refractivity contribution < 1.29 is 8.83 Å². The zero-order valence-electron chi connectivity index (χ0n) is 29.3. The summed E-state index contributed by atoms with van der Waals surface area (Å²) in [6.07, 6.45) is -0.356. The smallest absolute Gasteiger partial charge is 0.143 e. The number of fused-ring (bicyclic) bond motifs is 7. The summed E-state index contributed by atoms with van der Waals surface area (Å²) in [5.74, 6) is 0. The van der Waals surface area contributed by atoms with Gasteiger partial charge >= 0.3 is 0 Å². The Balaban J connectivity index is 0.988. The number of nitrogens with one attached hydrogen (secondary N) is 3. The third-order valence-electron chi connectivity index (χ3n) is 11.0. The van der Waals surface area contributed by atoms with Crippen molar-refractivity contribution in [2.24, 2.45) is 0 Å². The fourth-order valence-electron chi connectivity index (χ4n) is 8.32. The highest BCUT2D eigenvalue weighted by molar-refractivity contribution is 6.14. The maximum atomic E-state index is 6.65. The van der Waals surface area contributed by atoms with Gasteiger partial charge in [-0.3, -0.25) is 16.0 Å². The van der Waals surface area contributed by atoms with Gasteiger partial charge in [0.05, 0.1) is 18.5 Å². The van der Waals surface area contributed by atoms with E-state index >= 15 is 0 Å². The van der Waals surface area contributed by atoms with Crippen LogP contribution in [-0.2, 0) is 0 Å². The van der Waals surface area contributed by atoms with E-state index in [0.717, 1.165) is 60.6 Å². The minimum absolute atomic E-state index is 0.0850. The molecule has 5 nitrogen and oxygen atoms in total. The van der Waals surface area contributed by atoms with Gasteiger partial charge in [0, 0.05) is 27.1 Å². The Bertz CT molecular complexity index is 2980. The summed E-state index contributed by atoms with van der Waals surface area (Å²) in [5.41, 5.74) is 11.5. The molecule has 3 N–H and O–H groups in total. The molecule has 5 heteroatoms. The van der Waals surface area contributed by atoms with Gasteiger partial charge in [-0.05, 0) is 74.5 Å². The highest BCUT2D eigenvalue weighted by atomic mass is 16.3. The monoisotopic (exact) mass is 697 g/mol. The van der Waals surface area contributed by atoms with E-state index in [1.165, 1.54) is 33.0 Å². The molecule has 2 aromatic heterocycles. The first-order valence-electron chi connectivity index (χ1n) is 18.5. The summed E-state index contributed by atoms with van der Waals surface area (Å²) < 4.78 is 13.2. The van der Waals surface area contributed by atoms with Crippen LogP contribution in [0.15, 0.2) is 185 Å². The molecule has 10 aromatic rings. The average molecular weight is 698 g/mol. The van der Waals surface area contributed by atoms with Crippen molar-refractivity contribution in [1.82, 2.24) is 16.0 Å². The zero-order valence-corrected chi connectivity index (χ0v) is 29.3. The second-order valence-electron chi connectivity index (χ2n) is 14.2. The molecule has 0 aliphatic carbocycles. The lowest BCUT2D eigenvalue weighted by Gasteiger charge is -2.40. The Morgan fingerprint density at radius 2 is 1.00 bits per heavy atom. The largest absolute Gasteiger partial charge is 0.456 e. The molecule has 0 bridgehead atoms. The second kappa shape index (κ2) is 12.6. The van der Waals surface area contributed by atoms with Crippen LogP contribution in [0.25, 0.3) is 76.9 Å². The molecule has 1 fully saturated rings. The maximum Gasteiger partial charge on any atom is 0.143 e. The van der Waals surface area contributed by atoms with Crippen molar-refractivity contribution >= 4 is 54.6 Å². The summed E-state index contributed by atoms with van der Waals surface area (Å²) in [7, 11) is 0. The molecule has 0 radical (unpaired) electrons. The fourth-order valence-corrected chi connectivity index (χ4v) is 8.32. The van der Waals surface area contributed by atoms with E-state index < -0.39 is 0 Å². The lowest BCUT2D eigenvalue weighted by molar-refractivity contribution is 0.204. The minimum atomic E-state index is -0.167. The molecular formula is C49H35N3O2. The number of hydrogen-bond donors (Lipinski definition) is 3. The first-order chi connectivity index (χ1) is 26.7. The summed E-state index contributed by atoms with van der Waals surface area (Å²) in [4.78, 5) is 0. The van der Waals surface area contributed by atoms with Gasteiger partial charge in [0.25, 0.3) is 0 Å². The molecular weight excluding hydrogens is 663 g/mol. The third kappa shape index (κ3) is 5.21. The molecule has 1 saturated heterocycles. The number of hydrogen-bond acceptors (Lipinski definition) is 5. The van der Waals surface area contributed by atoms with E-state index in [-0.39, 0.29) is 18.5 Å². The van der Waals surface area contributed by atoms with Crippen LogP contribution in [0.1, 0.15) is 35.2 Å². The van der Waals surface area contributed by atoms with Gasteiger partial charge in [0.2, 0.25) is 0 Å². The van der Waals surface area contributed by atoms with Gasteiger partial charge in [-0.1, -0.05) is 146 Å². The van der Waals surface area contributed by atoms with E-state index in [9.17, 15) is 0 Å². The van der Waals surface area contributed by atoms with Gasteiger partial charge in [0.1, 0.15) is 22.3 Å². The topological polar surface area (TPSA) is 62.4 Å². The van der Waals surface area contributed by atoms with E-state index in [1.807, 2.05) is 0 Å². The minimum Gasteiger partial charge on any atom is -0.456 e. The van der Waals surface area contributed by atoms with E-state index in [1.54, 1.807) is 0 Å². The Morgan fingerprint density at radius 3 is 1.80 bits per heavy atom. The number of benzene rings is 8. The Morgan fingerprint density at radius 1 is 0.370 bits per heavy atom. The van der Waals surface area contributed by atoms with Crippen molar-refractivity contribution in [3.05, 3.63) is 193 Å². The molecule has 3 unspecified atom stereocenters. The van der Waals surface area contributed by atoms with Crippen molar-refractivity contribution in [3.63, 3.8) is 0 Å². The van der Waals surface area contributed by atoms with E-state index in [0.29, 0.717) is 0 Å². The molecule has 258 valence electrons. The summed E-state index contributed by atoms with van der Waals surface area (Å²) >= 11 is 0. The molecule has 11 rings (SSSR count). The fraction of sp³-hybridized carbons (Fsp3) is 0.0612. The Labute approximate surface area is 311 Å². The van der Waals surface area contributed by atoms with Crippen molar-refractivity contribution in [2.45, 2.75) is 18.5 Å². The molecule has 0 amide bonds. The molecule has 3 atom stereocenters. The zero-order chi connectivity index (χ0) is 35.6. The molecule has 1 aliphatic heterocycles. The van der Waals surface area contributed by atoms with Crippen LogP contribution in [0.2, 0.25) is 0 Å². The maximum absolute atomic E-state index is 6.65. The van der Waals surface area contributed by atoms with Gasteiger partial charge in [-0.15, -0.1) is 0 Å². The van der Waals surface area contributed by atoms with E-state index in [4.69, 9.17) is 8.83 Å². The summed E-state index contributed by atoms with van der Waals surface area (Å²) in [5, 5.41) is 18.4. The van der Waals surface area contributed by atoms with E-state index in [2.05, 4.69) is 192 Å². The van der Waals surface area contributed by atoms with Crippen LogP contribution in [0.4, 0.5) is 0 Å². The predicted octanol–water partition coefficient (Wildman–Crippen LogP) is 12.2. The molecule has 54 heavy (non-hydrogen) atoms. The van der Waals surface area contributed by atoms with Crippen LogP contribution < -0.4 is 16.0 Å². The Kier molecular flexibility index (Phi) is 7.23. The van der Waals surface area contributed by atoms with Gasteiger partial charge < -0.3 is 8.83 Å². The molecule has 0 spiro atoms. The van der Waals surface area contributed by atoms with Crippen LogP contribution in [0.5, 0.6) is 0 Å². The molecule has 0 saturated carbocycles. The quantitative estimate of drug-likeness (QED) is 0.167. The normalized spacial score (nSPS) is 17.6. The van der Waals surface area contributed by atoms with Gasteiger partial charge in [-0.25, -0.2) is 0 Å². The molecule has 8 aromatic carbocycles. The lowest BCUT2D eigenvalue weighted by Crippen LogP contribution is -2.54. The summed E-state index contributed by atoms with van der Waals surface area (Å²) in [6, 6.07) is 62.1. The number of para-hydroxylation sites is 1. The Hall–Kier alpha value is -6.50. The second-order valence-corrected chi connectivity index (χ2v) is 14.2. The molecule has 1 aliphatic rings. The predicted molar refractivity (Wildman–Crippen MR) is 220 cm³/mol. The SMILES string of the molecule is c1ccc(-c2ccc(C3NC(c4ccccc4)NC(c4cccc5oc6cc(-c7cccc8c7oc7cc9ccccc9cc78)ccc6c45)N3)cc2)cc1. The van der Waals surface area contributed by atoms with Crippen molar-refractivity contribution in [2.75, 3.05) is 0 Å². The first kappa shape index (κ1) is 31.1. The molecule has 3 heterocycles. The van der Waals surface area contributed by atoms with Crippen LogP contribution in [-0.4, -0.2) is 0 Å². The van der Waals surface area contributed by atoms with Crippen molar-refractivity contribution in [1.29, 1.82) is 0 Å². The highest BCUT2D eigenvalue weighted by Gasteiger charge is 2.31. The van der Waals surface area contributed by atoms with Crippen LogP contribution in [0, 0.1) is 0 Å². The lowest BCUT2D eigenvalue weighted by atomic mass is 9.98. The highest BCUT2D eigenvalue weighted by Crippen LogP contribution is 2.41. The van der Waals surface area contributed by atoms with Crippen LogP contribution in [0.3, 0.4) is 0 Å². The standard InChI is InChI=1S/C49H35N3O2/c1-3-11-30(12-4-1)31-21-23-33(24-22-31)48-50-47(32-13-5-2-6-14-32)51-49(52-48)40-19-10-20-42-45(40)39-26-25-36(29-43(39)53-42)37-17-9-18-38-41-27-34-15-7-8-16-35(34)28-44(41)54-46(37)38/h1-29,47-52H. The van der Waals surface area contributed by atoms with Crippen LogP contribution >= 0.6 is 0 Å². The van der Waals surface area contributed by atoms with Gasteiger partial charge in [-0.2, -0.15) is 0 Å². The third-order valence-corrected chi connectivity index (χ3v) is 11.0. The van der Waals surface area contributed by atoms with Gasteiger partial charge in [0.15, 0.2) is 0 Å². The number of rotatable bonds is 5. The summed E-state index contributed by atoms with van der Waals surface area (Å²) in [6.45, 7) is 0.